The fourth-order valence-electron chi connectivity index (χ4n) is 6.72. The van der Waals surface area contributed by atoms with Crippen molar-refractivity contribution in [2.24, 2.45) is 5.41 Å². The normalized spacial score (nSPS) is 19.9. The Bertz CT molecular complexity index is 2150. The van der Waals surface area contributed by atoms with Gasteiger partial charge in [0, 0.05) is 48.1 Å². The highest BCUT2D eigenvalue weighted by Crippen LogP contribution is 2.61. The molecule has 0 unspecified atom stereocenters. The summed E-state index contributed by atoms with van der Waals surface area (Å²) in [6, 6.07) is 1.88. The van der Waals surface area contributed by atoms with Crippen molar-refractivity contribution in [2.45, 2.75) is 72.5 Å². The van der Waals surface area contributed by atoms with E-state index < -0.39 is 23.2 Å². The minimum atomic E-state index is -0.869. The Labute approximate surface area is 281 Å². The average Bonchev–Trinajstić information content (AvgIpc) is 3.28. The fraction of sp³-hybridized carbons (Fsp3) is 0.375. The molecule has 0 radical (unpaired) electrons. The number of aromatic nitrogens is 8. The number of piperidine rings is 1. The van der Waals surface area contributed by atoms with Gasteiger partial charge in [0.2, 0.25) is 17.7 Å². The van der Waals surface area contributed by atoms with Gasteiger partial charge in [-0.2, -0.15) is 10.1 Å². The molecule has 0 aromatic carbocycles. The first-order valence-corrected chi connectivity index (χ1v) is 16.0. The molecule has 1 saturated heterocycles. The maximum absolute atomic E-state index is 14.3. The van der Waals surface area contributed by atoms with Crippen LogP contribution in [0.4, 0.5) is 10.2 Å². The largest absolute Gasteiger partial charge is 0.339 e. The van der Waals surface area contributed by atoms with Gasteiger partial charge in [0.15, 0.2) is 17.4 Å². The number of ketones is 1. The summed E-state index contributed by atoms with van der Waals surface area (Å²) in [5.41, 5.74) is 2.52. The van der Waals surface area contributed by atoms with E-state index in [1.54, 1.807) is 51.1 Å². The predicted octanol–water partition coefficient (Wildman–Crippen LogP) is 4.25. The van der Waals surface area contributed by atoms with Gasteiger partial charge in [-0.25, -0.2) is 19.3 Å². The molecule has 2 amide bonds. The lowest BCUT2D eigenvalue weighted by Gasteiger charge is -2.27. The van der Waals surface area contributed by atoms with Gasteiger partial charge in [0.05, 0.1) is 16.9 Å². The number of aryl methyl sites for hydroxylation is 4. The second-order valence-electron chi connectivity index (χ2n) is 12.5. The van der Waals surface area contributed by atoms with Crippen molar-refractivity contribution in [3.05, 3.63) is 69.4 Å². The number of halogens is 2. The van der Waals surface area contributed by atoms with Crippen LogP contribution >= 0.6 is 15.9 Å². The van der Waals surface area contributed by atoms with E-state index in [2.05, 4.69) is 51.4 Å². The Kier molecular flexibility index (Phi) is 7.64. The number of hydrogen-bond acceptors (Lipinski definition) is 11. The molecule has 1 aliphatic carbocycles. The number of Topliss-reactive ketones (excluding diaryl/α,β-unsaturated/α-hetero) is 1. The zero-order valence-corrected chi connectivity index (χ0v) is 28.3. The van der Waals surface area contributed by atoms with Crippen LogP contribution in [-0.4, -0.2) is 74.4 Å². The molecule has 246 valence electrons. The molecule has 16 heteroatoms. The van der Waals surface area contributed by atoms with Crippen molar-refractivity contribution in [1.29, 1.82) is 0 Å². The number of hydrogen-bond donors (Lipinski definition) is 1. The van der Waals surface area contributed by atoms with Gasteiger partial charge in [-0.05, 0) is 74.2 Å². The van der Waals surface area contributed by atoms with Crippen LogP contribution in [0.25, 0.3) is 22.2 Å². The Morgan fingerprint density at radius 3 is 2.50 bits per heavy atom. The SMILES string of the molecule is CC(=O)c1nn(CC(=O)N2[C@H](C(=O)Nc3nc(Br)c(F)cc3C)C[C@@]3(Cc4nc(C)no4)C[C@@H]23)c2c(C)nc(-c3cnc(C)nc3)cc12. The van der Waals surface area contributed by atoms with Crippen molar-refractivity contribution < 1.29 is 23.3 Å². The van der Waals surface area contributed by atoms with Crippen molar-refractivity contribution in [2.75, 3.05) is 5.32 Å². The molecule has 3 atom stereocenters. The van der Waals surface area contributed by atoms with Gasteiger partial charge in [0.1, 0.15) is 34.5 Å². The zero-order chi connectivity index (χ0) is 34.1. The number of likely N-dealkylation sites (tertiary alicyclic amines) is 1. The van der Waals surface area contributed by atoms with Crippen LogP contribution in [-0.2, 0) is 22.6 Å². The van der Waals surface area contributed by atoms with Gasteiger partial charge < -0.3 is 14.7 Å². The number of nitrogens with zero attached hydrogens (tertiary/aromatic N) is 9. The summed E-state index contributed by atoms with van der Waals surface area (Å²) < 4.78 is 20.9. The van der Waals surface area contributed by atoms with Crippen LogP contribution in [0, 0.1) is 38.9 Å². The molecule has 48 heavy (non-hydrogen) atoms. The molecule has 2 fully saturated rings. The van der Waals surface area contributed by atoms with Gasteiger partial charge in [-0.1, -0.05) is 5.16 Å². The molecule has 2 aliphatic rings. The minimum Gasteiger partial charge on any atom is -0.339 e. The molecule has 1 N–H and O–H groups in total. The summed E-state index contributed by atoms with van der Waals surface area (Å²) in [6.45, 7) is 8.11. The number of rotatable bonds is 8. The number of anilines is 1. The third kappa shape index (κ3) is 5.52. The highest BCUT2D eigenvalue weighted by atomic mass is 79.9. The van der Waals surface area contributed by atoms with Crippen LogP contribution in [0.15, 0.2) is 33.7 Å². The van der Waals surface area contributed by atoms with Gasteiger partial charge in [-0.15, -0.1) is 0 Å². The Morgan fingerprint density at radius 1 is 1.06 bits per heavy atom. The zero-order valence-electron chi connectivity index (χ0n) is 26.7. The van der Waals surface area contributed by atoms with E-state index in [0.717, 1.165) is 0 Å². The smallest absolute Gasteiger partial charge is 0.248 e. The van der Waals surface area contributed by atoms with E-state index in [-0.39, 0.29) is 40.4 Å². The molecule has 0 bridgehead atoms. The molecule has 5 aromatic heterocycles. The van der Waals surface area contributed by atoms with E-state index in [0.29, 0.717) is 70.2 Å². The quantitative estimate of drug-likeness (QED) is 0.180. The second kappa shape index (κ2) is 11.6. The average molecular weight is 718 g/mol. The van der Waals surface area contributed by atoms with Crippen molar-refractivity contribution in [3.8, 4) is 11.3 Å². The van der Waals surface area contributed by atoms with Crippen LogP contribution in [0.2, 0.25) is 0 Å². The topological polar surface area (TPSA) is 175 Å². The first-order chi connectivity index (χ1) is 22.8. The Hall–Kier alpha value is -4.99. The summed E-state index contributed by atoms with van der Waals surface area (Å²) in [4.78, 5) is 64.2. The van der Waals surface area contributed by atoms with E-state index in [4.69, 9.17) is 9.51 Å². The molecule has 6 heterocycles. The first-order valence-electron chi connectivity index (χ1n) is 15.3. The minimum absolute atomic E-state index is 0.0392. The first kappa shape index (κ1) is 31.6. The lowest BCUT2D eigenvalue weighted by Crippen LogP contribution is -2.47. The summed E-state index contributed by atoms with van der Waals surface area (Å²) in [5.74, 6) is 0.0857. The number of nitrogens with one attached hydrogen (secondary N) is 1. The van der Waals surface area contributed by atoms with E-state index in [1.807, 2.05) is 0 Å². The van der Waals surface area contributed by atoms with E-state index >= 15 is 0 Å². The van der Waals surface area contributed by atoms with Crippen LogP contribution in [0.3, 0.4) is 0 Å². The molecule has 14 nitrogen and oxygen atoms in total. The number of fused-ring (bicyclic) bond motifs is 2. The van der Waals surface area contributed by atoms with E-state index in [9.17, 15) is 18.8 Å². The molecular formula is C32H30BrFN10O4. The third-order valence-corrected chi connectivity index (χ3v) is 9.60. The molecule has 1 aliphatic heterocycles. The van der Waals surface area contributed by atoms with E-state index in [1.165, 1.54) is 17.7 Å². The van der Waals surface area contributed by atoms with Crippen LogP contribution in [0.5, 0.6) is 0 Å². The van der Waals surface area contributed by atoms with Gasteiger partial charge in [-0.3, -0.25) is 24.0 Å². The van der Waals surface area contributed by atoms with Gasteiger partial charge >= 0.3 is 0 Å². The number of carbonyl (C=O) groups excluding carboxylic acids is 3. The highest BCUT2D eigenvalue weighted by Gasteiger charge is 2.67. The number of pyridine rings is 2. The third-order valence-electron chi connectivity index (χ3n) is 9.04. The molecule has 0 spiro atoms. The standard InChI is InChI=1S/C32H30BrFN10O4/c1-14-6-21(34)29(33)39-30(14)40-31(47)23-8-32(10-25-38-18(5)42-48-25)9-24(32)44(23)26(46)13-43-28-15(2)37-22(19-11-35-17(4)36-12-19)7-20(28)27(41-43)16(3)45/h6-7,11-12,23-24H,8-10,13H2,1-5H3,(H,39,40,47)/t23-,24+,32-/m0/s1. The lowest BCUT2D eigenvalue weighted by molar-refractivity contribution is -0.138. The molecule has 7 rings (SSSR count). The highest BCUT2D eigenvalue weighted by molar-refractivity contribution is 9.10. The Balaban J connectivity index is 1.22. The van der Waals surface area contributed by atoms with Crippen LogP contribution < -0.4 is 5.32 Å². The fourth-order valence-corrected chi connectivity index (χ4v) is 7.01. The summed E-state index contributed by atoms with van der Waals surface area (Å²) in [7, 11) is 0. The second-order valence-corrected chi connectivity index (χ2v) is 13.3. The van der Waals surface area contributed by atoms with Crippen molar-refractivity contribution in [3.63, 3.8) is 0 Å². The monoisotopic (exact) mass is 716 g/mol. The lowest BCUT2D eigenvalue weighted by atomic mass is 9.95. The molecule has 1 saturated carbocycles. The summed E-state index contributed by atoms with van der Waals surface area (Å²) >= 11 is 3.08. The maximum Gasteiger partial charge on any atom is 0.248 e. The molecular weight excluding hydrogens is 687 g/mol. The predicted molar refractivity (Wildman–Crippen MR) is 172 cm³/mol. The Morgan fingerprint density at radius 2 is 1.81 bits per heavy atom. The summed E-state index contributed by atoms with van der Waals surface area (Å²) in [6.07, 6.45) is 4.72. The number of amides is 2. The number of carbonyl (C=O) groups is 3. The molecule has 5 aromatic rings. The van der Waals surface area contributed by atoms with Crippen LogP contribution in [0.1, 0.15) is 59.1 Å². The maximum atomic E-state index is 14.3. The van der Waals surface area contributed by atoms with Crippen molar-refractivity contribution >= 4 is 50.2 Å². The summed E-state index contributed by atoms with van der Waals surface area (Å²) in [5, 5.41) is 11.8. The van der Waals surface area contributed by atoms with Gasteiger partial charge in [0.25, 0.3) is 0 Å². The van der Waals surface area contributed by atoms with Crippen molar-refractivity contribution in [1.82, 2.24) is 44.8 Å².